The fourth-order valence-electron chi connectivity index (χ4n) is 2.43. The number of phenolic OH excluding ortho intramolecular Hbond substituents is 2. The number of carbonyl (C=O) groups is 1. The van der Waals surface area contributed by atoms with Crippen molar-refractivity contribution >= 4 is 11.6 Å². The fourth-order valence-corrected chi connectivity index (χ4v) is 2.43. The van der Waals surface area contributed by atoms with Gasteiger partial charge in [-0.15, -0.1) is 0 Å². The first-order chi connectivity index (χ1) is 10.8. The van der Waals surface area contributed by atoms with Gasteiger partial charge < -0.3 is 15.1 Å². The van der Waals surface area contributed by atoms with Crippen molar-refractivity contribution in [3.8, 4) is 11.5 Å². The van der Waals surface area contributed by atoms with Crippen molar-refractivity contribution in [1.82, 2.24) is 0 Å². The summed E-state index contributed by atoms with van der Waals surface area (Å²) in [6, 6.07) is 8.10. The van der Waals surface area contributed by atoms with Gasteiger partial charge in [0.1, 0.15) is 17.3 Å². The third-order valence-electron chi connectivity index (χ3n) is 3.69. The summed E-state index contributed by atoms with van der Waals surface area (Å²) in [5.74, 6) is -0.910. The van der Waals surface area contributed by atoms with E-state index < -0.39 is 5.82 Å². The summed E-state index contributed by atoms with van der Waals surface area (Å²) in [7, 11) is 0. The van der Waals surface area contributed by atoms with Gasteiger partial charge in [-0.05, 0) is 48.7 Å². The number of carbonyl (C=O) groups excluding carboxylic acids is 1. The number of phenols is 2. The van der Waals surface area contributed by atoms with Crippen molar-refractivity contribution < 1.29 is 19.4 Å². The van der Waals surface area contributed by atoms with Crippen LogP contribution in [0, 0.1) is 5.82 Å². The number of anilines is 1. The average molecular weight is 317 g/mol. The Labute approximate surface area is 134 Å². The molecule has 0 aliphatic heterocycles. The van der Waals surface area contributed by atoms with Gasteiger partial charge in [0.2, 0.25) is 0 Å². The first-order valence-corrected chi connectivity index (χ1v) is 7.48. The van der Waals surface area contributed by atoms with Crippen molar-refractivity contribution in [2.45, 2.75) is 26.7 Å². The number of nitrogens with zero attached hydrogens (tertiary/aromatic N) is 1. The number of amides is 1. The molecule has 2 N–H and O–H groups in total. The summed E-state index contributed by atoms with van der Waals surface area (Å²) in [4.78, 5) is 14.0. The molecule has 23 heavy (non-hydrogen) atoms. The first-order valence-electron chi connectivity index (χ1n) is 7.48. The largest absolute Gasteiger partial charge is 0.508 e. The van der Waals surface area contributed by atoms with Crippen LogP contribution in [0.2, 0.25) is 0 Å². The Kier molecular flexibility index (Phi) is 4.89. The molecule has 4 nitrogen and oxygen atoms in total. The van der Waals surface area contributed by atoms with E-state index in [0.717, 1.165) is 0 Å². The Bertz CT molecular complexity index is 711. The van der Waals surface area contributed by atoms with Gasteiger partial charge in [-0.3, -0.25) is 4.79 Å². The molecule has 0 unspecified atom stereocenters. The molecular weight excluding hydrogens is 297 g/mol. The Balaban J connectivity index is 2.46. The standard InChI is InChI=1S/C18H20FNO3/c1-4-20(18(23)12-5-7-13(19)8-6-12)15-9-14(11(2)3)16(21)10-17(15)22/h5-11,21-22H,4H2,1-3H3. The van der Waals surface area contributed by atoms with Crippen LogP contribution in [0.5, 0.6) is 11.5 Å². The minimum Gasteiger partial charge on any atom is -0.508 e. The lowest BCUT2D eigenvalue weighted by molar-refractivity contribution is 0.0987. The maximum Gasteiger partial charge on any atom is 0.258 e. The zero-order chi connectivity index (χ0) is 17.1. The fraction of sp³-hybridized carbons (Fsp3) is 0.278. The normalized spacial score (nSPS) is 10.8. The first kappa shape index (κ1) is 16.8. The summed E-state index contributed by atoms with van der Waals surface area (Å²) in [5.41, 5.74) is 1.29. The lowest BCUT2D eigenvalue weighted by atomic mass is 10.0. The van der Waals surface area contributed by atoms with E-state index in [9.17, 15) is 19.4 Å². The highest BCUT2D eigenvalue weighted by molar-refractivity contribution is 6.06. The zero-order valence-corrected chi connectivity index (χ0v) is 13.4. The Morgan fingerprint density at radius 1 is 1.13 bits per heavy atom. The van der Waals surface area contributed by atoms with Crippen LogP contribution >= 0.6 is 0 Å². The van der Waals surface area contributed by atoms with Crippen LogP contribution in [0.1, 0.15) is 42.6 Å². The number of hydrogen-bond donors (Lipinski definition) is 2. The molecule has 1 amide bonds. The maximum atomic E-state index is 13.0. The SMILES string of the molecule is CCN(C(=O)c1ccc(F)cc1)c1cc(C(C)C)c(O)cc1O. The average Bonchev–Trinajstić information content (AvgIpc) is 2.50. The molecule has 0 fully saturated rings. The van der Waals surface area contributed by atoms with Gasteiger partial charge in [0.25, 0.3) is 5.91 Å². The molecule has 0 bridgehead atoms. The van der Waals surface area contributed by atoms with E-state index in [2.05, 4.69) is 0 Å². The molecule has 0 aliphatic rings. The Morgan fingerprint density at radius 3 is 2.26 bits per heavy atom. The molecular formula is C18H20FNO3. The molecule has 0 atom stereocenters. The van der Waals surface area contributed by atoms with Crippen molar-refractivity contribution in [3.05, 3.63) is 53.3 Å². The van der Waals surface area contributed by atoms with Gasteiger partial charge >= 0.3 is 0 Å². The highest BCUT2D eigenvalue weighted by atomic mass is 19.1. The van der Waals surface area contributed by atoms with E-state index in [4.69, 9.17) is 0 Å². The summed E-state index contributed by atoms with van der Waals surface area (Å²) in [6.45, 7) is 5.93. The molecule has 0 saturated heterocycles. The van der Waals surface area contributed by atoms with E-state index in [1.807, 2.05) is 13.8 Å². The molecule has 0 aliphatic carbocycles. The van der Waals surface area contributed by atoms with E-state index >= 15 is 0 Å². The molecule has 2 aromatic rings. The molecule has 122 valence electrons. The predicted octanol–water partition coefficient (Wildman–Crippen LogP) is 4.03. The quantitative estimate of drug-likeness (QED) is 0.895. The summed E-state index contributed by atoms with van der Waals surface area (Å²) < 4.78 is 13.0. The Morgan fingerprint density at radius 2 is 1.74 bits per heavy atom. The maximum absolute atomic E-state index is 13.0. The number of aromatic hydroxyl groups is 2. The lowest BCUT2D eigenvalue weighted by Crippen LogP contribution is -2.30. The van der Waals surface area contributed by atoms with E-state index in [0.29, 0.717) is 23.4 Å². The molecule has 0 heterocycles. The number of rotatable bonds is 4. The van der Waals surface area contributed by atoms with Crippen LogP contribution in [0.15, 0.2) is 36.4 Å². The number of halogens is 1. The Hall–Kier alpha value is -2.56. The van der Waals surface area contributed by atoms with Crippen LogP contribution < -0.4 is 4.90 Å². The van der Waals surface area contributed by atoms with E-state index in [1.54, 1.807) is 13.0 Å². The van der Waals surface area contributed by atoms with Gasteiger partial charge in [0.15, 0.2) is 0 Å². The van der Waals surface area contributed by atoms with Gasteiger partial charge in [0.05, 0.1) is 5.69 Å². The summed E-state index contributed by atoms with van der Waals surface area (Å²) >= 11 is 0. The minimum absolute atomic E-state index is 0.00784. The monoisotopic (exact) mass is 317 g/mol. The van der Waals surface area contributed by atoms with Crippen molar-refractivity contribution in [1.29, 1.82) is 0 Å². The van der Waals surface area contributed by atoms with Gasteiger partial charge in [0, 0.05) is 18.2 Å². The molecule has 2 aromatic carbocycles. The second-order valence-corrected chi connectivity index (χ2v) is 5.61. The smallest absolute Gasteiger partial charge is 0.258 e. The van der Waals surface area contributed by atoms with Crippen LogP contribution in [0.25, 0.3) is 0 Å². The number of hydrogen-bond acceptors (Lipinski definition) is 3. The summed E-state index contributed by atoms with van der Waals surface area (Å²) in [5, 5.41) is 20.0. The molecule has 0 saturated carbocycles. The minimum atomic E-state index is -0.417. The third kappa shape index (κ3) is 3.44. The topological polar surface area (TPSA) is 60.8 Å². The molecule has 0 aromatic heterocycles. The van der Waals surface area contributed by atoms with Gasteiger partial charge in [-0.2, -0.15) is 0 Å². The predicted molar refractivity (Wildman–Crippen MR) is 87.6 cm³/mol. The van der Waals surface area contributed by atoms with Crippen LogP contribution in [0.4, 0.5) is 10.1 Å². The molecule has 5 heteroatoms. The van der Waals surface area contributed by atoms with Crippen molar-refractivity contribution in [2.24, 2.45) is 0 Å². The van der Waals surface area contributed by atoms with Crippen molar-refractivity contribution in [3.63, 3.8) is 0 Å². The summed E-state index contributed by atoms with van der Waals surface area (Å²) in [6.07, 6.45) is 0. The molecule has 0 radical (unpaired) electrons. The second-order valence-electron chi connectivity index (χ2n) is 5.61. The van der Waals surface area contributed by atoms with Crippen LogP contribution in [0.3, 0.4) is 0 Å². The highest BCUT2D eigenvalue weighted by Gasteiger charge is 2.21. The van der Waals surface area contributed by atoms with E-state index in [1.165, 1.54) is 35.2 Å². The zero-order valence-electron chi connectivity index (χ0n) is 13.4. The highest BCUT2D eigenvalue weighted by Crippen LogP contribution is 2.37. The molecule has 2 rings (SSSR count). The second kappa shape index (κ2) is 6.69. The third-order valence-corrected chi connectivity index (χ3v) is 3.69. The van der Waals surface area contributed by atoms with E-state index in [-0.39, 0.29) is 23.3 Å². The molecule has 0 spiro atoms. The lowest BCUT2D eigenvalue weighted by Gasteiger charge is -2.24. The van der Waals surface area contributed by atoms with Crippen molar-refractivity contribution in [2.75, 3.05) is 11.4 Å². The van der Waals surface area contributed by atoms with Crippen LogP contribution in [-0.4, -0.2) is 22.7 Å². The van der Waals surface area contributed by atoms with Gasteiger partial charge in [-0.1, -0.05) is 13.8 Å². The van der Waals surface area contributed by atoms with Crippen LogP contribution in [-0.2, 0) is 0 Å². The van der Waals surface area contributed by atoms with Gasteiger partial charge in [-0.25, -0.2) is 4.39 Å². The number of benzene rings is 2.